The highest BCUT2D eigenvalue weighted by Gasteiger charge is 2.11. The number of pyridine rings is 1. The van der Waals surface area contributed by atoms with Gasteiger partial charge in [-0.15, -0.1) is 0 Å². The first-order valence-electron chi connectivity index (χ1n) is 3.89. The van der Waals surface area contributed by atoms with Gasteiger partial charge in [0.2, 0.25) is 0 Å². The normalized spacial score (nSPS) is 10.4. The largest absolute Gasteiger partial charge is 0.317 e. The predicted molar refractivity (Wildman–Crippen MR) is 51.8 cm³/mol. The zero-order valence-corrected chi connectivity index (χ0v) is 7.77. The number of nitrogens with zero attached hydrogens (tertiary/aromatic N) is 2. The molecule has 14 heavy (non-hydrogen) atoms. The van der Waals surface area contributed by atoms with Crippen LogP contribution in [0, 0.1) is 4.91 Å². The van der Waals surface area contributed by atoms with Crippen LogP contribution >= 0.6 is 11.6 Å². The van der Waals surface area contributed by atoms with E-state index in [1.165, 1.54) is 12.1 Å². The standard InChI is InChI=1S/C9H6ClN2O2/c10-9-4-1-6-5-7(12(13)14)2-3-8(6)11-9/h1-5H,(H,13,14)/q+1. The molecular formula is C9H6ClN2O2+. The zero-order valence-electron chi connectivity index (χ0n) is 7.01. The average Bonchev–Trinajstić information content (AvgIpc) is 2.16. The van der Waals surface area contributed by atoms with E-state index in [9.17, 15) is 4.91 Å². The van der Waals surface area contributed by atoms with Gasteiger partial charge in [0.15, 0.2) is 0 Å². The molecule has 0 atom stereocenters. The van der Waals surface area contributed by atoms with Gasteiger partial charge in [-0.05, 0) is 18.2 Å². The minimum atomic E-state index is -0.186. The molecule has 0 bridgehead atoms. The van der Waals surface area contributed by atoms with Crippen LogP contribution in [0.5, 0.6) is 0 Å². The minimum Gasteiger partial charge on any atom is -0.241 e. The van der Waals surface area contributed by atoms with Crippen molar-refractivity contribution in [3.8, 4) is 0 Å². The van der Waals surface area contributed by atoms with Crippen LogP contribution in [0.4, 0.5) is 5.69 Å². The summed E-state index contributed by atoms with van der Waals surface area (Å²) in [5.41, 5.74) is 0.852. The van der Waals surface area contributed by atoms with Crippen LogP contribution in [0.2, 0.25) is 5.15 Å². The Morgan fingerprint density at radius 2 is 2.07 bits per heavy atom. The third kappa shape index (κ3) is 1.52. The third-order valence-electron chi connectivity index (χ3n) is 1.86. The lowest BCUT2D eigenvalue weighted by Crippen LogP contribution is -1.91. The first-order valence-corrected chi connectivity index (χ1v) is 4.27. The van der Waals surface area contributed by atoms with Gasteiger partial charge in [0.05, 0.1) is 10.4 Å². The molecule has 1 N–H and O–H groups in total. The van der Waals surface area contributed by atoms with Crippen molar-refractivity contribution >= 4 is 28.2 Å². The number of fused-ring (bicyclic) bond motifs is 1. The second kappa shape index (κ2) is 3.23. The predicted octanol–water partition coefficient (Wildman–Crippen LogP) is 2.69. The lowest BCUT2D eigenvalue weighted by Gasteiger charge is -1.95. The second-order valence-electron chi connectivity index (χ2n) is 2.78. The third-order valence-corrected chi connectivity index (χ3v) is 2.07. The molecule has 5 heteroatoms. The van der Waals surface area contributed by atoms with Gasteiger partial charge in [-0.2, -0.15) is 0 Å². The molecule has 2 aromatic rings. The van der Waals surface area contributed by atoms with Crippen molar-refractivity contribution in [2.75, 3.05) is 0 Å². The molecule has 4 nitrogen and oxygen atoms in total. The van der Waals surface area contributed by atoms with E-state index in [2.05, 4.69) is 4.98 Å². The van der Waals surface area contributed by atoms with Crippen molar-refractivity contribution in [1.82, 2.24) is 4.98 Å². The summed E-state index contributed by atoms with van der Waals surface area (Å²) < 4.78 is 0. The maximum atomic E-state index is 10.6. The van der Waals surface area contributed by atoms with E-state index in [0.717, 1.165) is 5.39 Å². The Kier molecular flexibility index (Phi) is 2.05. The van der Waals surface area contributed by atoms with Gasteiger partial charge in [0.25, 0.3) is 4.92 Å². The van der Waals surface area contributed by atoms with Crippen LogP contribution in [0.3, 0.4) is 0 Å². The number of halogens is 1. The molecule has 0 spiro atoms. The minimum absolute atomic E-state index is 0.168. The number of hydrogen-bond donors (Lipinski definition) is 1. The summed E-state index contributed by atoms with van der Waals surface area (Å²) in [6, 6.07) is 7.99. The highest BCUT2D eigenvalue weighted by atomic mass is 35.5. The van der Waals surface area contributed by atoms with Crippen molar-refractivity contribution in [3.63, 3.8) is 0 Å². The fourth-order valence-electron chi connectivity index (χ4n) is 1.21. The van der Waals surface area contributed by atoms with Crippen LogP contribution in [-0.4, -0.2) is 15.1 Å². The van der Waals surface area contributed by atoms with Crippen molar-refractivity contribution in [3.05, 3.63) is 40.4 Å². The molecule has 2 rings (SSSR count). The van der Waals surface area contributed by atoms with E-state index >= 15 is 0 Å². The van der Waals surface area contributed by atoms with E-state index in [0.29, 0.717) is 10.7 Å². The molecule has 1 aromatic carbocycles. The lowest BCUT2D eigenvalue weighted by molar-refractivity contribution is -0.729. The summed E-state index contributed by atoms with van der Waals surface area (Å²) in [5.74, 6) is 0. The van der Waals surface area contributed by atoms with Crippen molar-refractivity contribution in [2.24, 2.45) is 0 Å². The molecule has 0 aliphatic carbocycles. The Morgan fingerprint density at radius 1 is 1.29 bits per heavy atom. The Bertz CT molecular complexity index is 513. The molecule has 0 aliphatic rings. The molecule has 0 saturated carbocycles. The summed E-state index contributed by atoms with van der Waals surface area (Å²) >= 11 is 5.69. The number of rotatable bonds is 1. The lowest BCUT2D eigenvalue weighted by atomic mass is 10.2. The van der Waals surface area contributed by atoms with Gasteiger partial charge in [-0.1, -0.05) is 11.6 Å². The topological polar surface area (TPSA) is 53.2 Å². The second-order valence-corrected chi connectivity index (χ2v) is 3.17. The van der Waals surface area contributed by atoms with E-state index in [4.69, 9.17) is 16.8 Å². The summed E-state index contributed by atoms with van der Waals surface area (Å²) in [6.07, 6.45) is 0. The van der Waals surface area contributed by atoms with E-state index in [-0.39, 0.29) is 10.6 Å². The summed E-state index contributed by atoms with van der Waals surface area (Å²) in [6.45, 7) is 0. The van der Waals surface area contributed by atoms with Gasteiger partial charge < -0.3 is 0 Å². The van der Waals surface area contributed by atoms with E-state index in [1.54, 1.807) is 18.2 Å². The maximum Gasteiger partial charge on any atom is 0.317 e. The first kappa shape index (κ1) is 8.90. The van der Waals surface area contributed by atoms with Gasteiger partial charge in [0, 0.05) is 17.5 Å². The SMILES string of the molecule is O=[N+](O)c1ccc2nc(Cl)ccc2c1. The van der Waals surface area contributed by atoms with Crippen LogP contribution in [0.25, 0.3) is 10.9 Å². The fourth-order valence-corrected chi connectivity index (χ4v) is 1.36. The Balaban J connectivity index is 2.67. The monoisotopic (exact) mass is 209 g/mol. The number of hydrogen-bond acceptors (Lipinski definition) is 2. The van der Waals surface area contributed by atoms with E-state index in [1.807, 2.05) is 0 Å². The van der Waals surface area contributed by atoms with Crippen molar-refractivity contribution < 1.29 is 10.1 Å². The molecule has 0 fully saturated rings. The molecule has 0 saturated heterocycles. The van der Waals surface area contributed by atoms with Crippen molar-refractivity contribution in [2.45, 2.75) is 0 Å². The van der Waals surface area contributed by atoms with Crippen LogP contribution in [0.15, 0.2) is 30.3 Å². The number of benzene rings is 1. The summed E-state index contributed by atoms with van der Waals surface area (Å²) in [7, 11) is 0. The average molecular weight is 210 g/mol. The smallest absolute Gasteiger partial charge is 0.241 e. The molecule has 70 valence electrons. The Morgan fingerprint density at radius 3 is 2.79 bits per heavy atom. The highest BCUT2D eigenvalue weighted by molar-refractivity contribution is 6.29. The molecule has 0 aliphatic heterocycles. The first-order chi connectivity index (χ1) is 6.66. The Hall–Kier alpha value is -1.68. The van der Waals surface area contributed by atoms with Gasteiger partial charge in [-0.3, -0.25) is 0 Å². The highest BCUT2D eigenvalue weighted by Crippen LogP contribution is 2.20. The van der Waals surface area contributed by atoms with Gasteiger partial charge >= 0.3 is 5.69 Å². The fraction of sp³-hybridized carbons (Fsp3) is 0. The van der Waals surface area contributed by atoms with Gasteiger partial charge in [-0.25, -0.2) is 10.2 Å². The molecule has 0 radical (unpaired) electrons. The molecule has 0 amide bonds. The molecule has 1 heterocycles. The zero-order chi connectivity index (χ0) is 10.1. The molecule has 0 unspecified atom stereocenters. The maximum absolute atomic E-state index is 10.6. The van der Waals surface area contributed by atoms with E-state index < -0.39 is 0 Å². The molecule has 1 aromatic heterocycles. The van der Waals surface area contributed by atoms with Crippen LogP contribution < -0.4 is 0 Å². The summed E-state index contributed by atoms with van der Waals surface area (Å²) in [4.78, 5) is 14.4. The summed E-state index contributed by atoms with van der Waals surface area (Å²) in [5, 5.41) is 9.82. The Labute approximate surface area is 84.3 Å². The quantitative estimate of drug-likeness (QED) is 0.580. The van der Waals surface area contributed by atoms with Crippen LogP contribution in [-0.2, 0) is 0 Å². The number of aromatic nitrogens is 1. The van der Waals surface area contributed by atoms with Crippen LogP contribution in [0.1, 0.15) is 0 Å². The van der Waals surface area contributed by atoms with Gasteiger partial charge in [0.1, 0.15) is 5.15 Å². The van der Waals surface area contributed by atoms with Crippen molar-refractivity contribution in [1.29, 1.82) is 0 Å². The molecular weight excluding hydrogens is 204 g/mol.